The fraction of sp³-hybridized carbons (Fsp3) is 0.588. The van der Waals surface area contributed by atoms with Crippen molar-refractivity contribution < 1.29 is 87.9 Å². The lowest BCUT2D eigenvalue weighted by Crippen LogP contribution is -2.64. The number of ether oxygens (including phenoxy) is 4. The van der Waals surface area contributed by atoms with E-state index < -0.39 is 171 Å². The molecule has 0 aromatic heterocycles. The van der Waals surface area contributed by atoms with Crippen LogP contribution in [0.25, 0.3) is 4.85 Å². The molecule has 77 heavy (non-hydrogen) atoms. The Morgan fingerprint density at radius 3 is 2.09 bits per heavy atom. The standard InChI is InChI=1S/C51H70N8O18/c1-26-23-59-42(43(26)66)47(70)53-21-31(62)19-33(54-50(73)77-51(4,5)6)44(67)55-39(27(2)60)48(71)58-24-32(63)20-34(58)45(68)56-40(46(69)57-41(49(59)72)36(65)22-52-7)35(64)17-30-13-14-37(76-25-29-11-9-8-10-12-29)38(18-30)75-16-15-74-28(3)61/h8-14,18,26-27,31-36,39-43,60,62-66H,15-17,19-25H2,1-6H3,(H,53,70)(H,54,73)(H,55,67)(H,56,68)(H,57,69)/t26-,27+,31+,32+,33-,34-,35+,36+,39-,40-,41-,42-,43-/m0/s1. The van der Waals surface area contributed by atoms with Crippen LogP contribution in [-0.2, 0) is 56.1 Å². The molecule has 422 valence electrons. The number of fused-ring (bicyclic) bond motifs is 2. The summed E-state index contributed by atoms with van der Waals surface area (Å²) in [5.74, 6) is -8.02. The Morgan fingerprint density at radius 1 is 0.779 bits per heavy atom. The largest absolute Gasteiger partial charge is 0.486 e. The van der Waals surface area contributed by atoms with Gasteiger partial charge in [0.2, 0.25) is 42.0 Å². The van der Waals surface area contributed by atoms with Crippen molar-refractivity contribution in [1.29, 1.82) is 0 Å². The highest BCUT2D eigenvalue weighted by Gasteiger charge is 2.50. The molecule has 26 nitrogen and oxygen atoms in total. The predicted octanol–water partition coefficient (Wildman–Crippen LogP) is -2.83. The molecule has 11 N–H and O–H groups in total. The van der Waals surface area contributed by atoms with Gasteiger partial charge in [0, 0.05) is 51.7 Å². The van der Waals surface area contributed by atoms with E-state index in [1.807, 2.05) is 30.3 Å². The van der Waals surface area contributed by atoms with Gasteiger partial charge < -0.3 is 90.8 Å². The van der Waals surface area contributed by atoms with Crippen LogP contribution in [-0.4, -0.2) is 206 Å². The Balaban J connectivity index is 1.58. The second-order valence-corrected chi connectivity index (χ2v) is 20.3. The zero-order valence-electron chi connectivity index (χ0n) is 43.6. The number of benzene rings is 2. The average Bonchev–Trinajstić information content (AvgIpc) is 3.91. The molecule has 0 saturated carbocycles. The van der Waals surface area contributed by atoms with E-state index in [2.05, 4.69) is 31.4 Å². The number of rotatable bonds is 14. The molecule has 3 aliphatic heterocycles. The van der Waals surface area contributed by atoms with Gasteiger partial charge in [0.1, 0.15) is 61.7 Å². The molecule has 3 saturated heterocycles. The van der Waals surface area contributed by atoms with E-state index in [1.165, 1.54) is 52.8 Å². The first-order valence-corrected chi connectivity index (χ1v) is 25.0. The second-order valence-electron chi connectivity index (χ2n) is 20.3. The first-order valence-electron chi connectivity index (χ1n) is 25.0. The van der Waals surface area contributed by atoms with Gasteiger partial charge in [0.05, 0.1) is 30.5 Å². The van der Waals surface area contributed by atoms with Crippen LogP contribution in [0.3, 0.4) is 0 Å². The average molecular weight is 1080 g/mol. The lowest BCUT2D eigenvalue weighted by Gasteiger charge is -2.33. The minimum atomic E-state index is -2.10. The molecule has 3 aliphatic rings. The second kappa shape index (κ2) is 27.2. The van der Waals surface area contributed by atoms with Gasteiger partial charge >= 0.3 is 12.1 Å². The quantitative estimate of drug-likeness (QED) is 0.0516. The molecule has 0 unspecified atom stereocenters. The summed E-state index contributed by atoms with van der Waals surface area (Å²) in [4.78, 5) is 116. The van der Waals surface area contributed by atoms with E-state index in [0.717, 1.165) is 22.3 Å². The van der Waals surface area contributed by atoms with Crippen LogP contribution in [0.15, 0.2) is 48.5 Å². The minimum absolute atomic E-state index is 0.103. The van der Waals surface area contributed by atoms with Gasteiger partial charge in [-0.15, -0.1) is 0 Å². The van der Waals surface area contributed by atoms with Gasteiger partial charge in [-0.25, -0.2) is 11.4 Å². The molecule has 0 bridgehead atoms. The van der Waals surface area contributed by atoms with E-state index in [0.29, 0.717) is 0 Å². The molecule has 0 spiro atoms. The molecule has 26 heteroatoms. The number of esters is 1. The monoisotopic (exact) mass is 1080 g/mol. The van der Waals surface area contributed by atoms with Crippen molar-refractivity contribution in [3.8, 4) is 11.5 Å². The zero-order valence-corrected chi connectivity index (χ0v) is 43.6. The van der Waals surface area contributed by atoms with Crippen molar-refractivity contribution in [1.82, 2.24) is 36.4 Å². The van der Waals surface area contributed by atoms with Crippen molar-refractivity contribution in [2.45, 2.75) is 146 Å². The SMILES string of the molecule is [C-]#[N+]C[C@@H](O)[C@@H]1NC(=O)[C@H]([C@H](O)Cc2ccc(OCc3ccccc3)c(OCCOC(C)=O)c2)NC(=O)[C@@H]2C[C@@H](O)CN2C(=O)[C@H]([C@@H](C)O)NC(=O)[C@@H](NC(=O)OC(C)(C)C)C[C@@H](O)CNC(=O)[C@@H]2[C@@H](O)[C@@H](C)CN2C1=O. The summed E-state index contributed by atoms with van der Waals surface area (Å²) in [6, 6.07) is 2.38. The van der Waals surface area contributed by atoms with Gasteiger partial charge in [-0.2, -0.15) is 0 Å². The molecule has 0 radical (unpaired) electrons. The Kier molecular flexibility index (Phi) is 21.5. The number of hydrogen-bond donors (Lipinski definition) is 11. The van der Waals surface area contributed by atoms with E-state index in [4.69, 9.17) is 25.5 Å². The molecular formula is C51H70N8O18. The first-order chi connectivity index (χ1) is 36.3. The van der Waals surface area contributed by atoms with Crippen LogP contribution in [0.5, 0.6) is 11.5 Å². The van der Waals surface area contributed by atoms with Crippen LogP contribution in [0.4, 0.5) is 4.79 Å². The highest BCUT2D eigenvalue weighted by Crippen LogP contribution is 2.31. The molecule has 2 aromatic carbocycles. The number of carbonyl (C=O) groups excluding carboxylic acids is 8. The topological polar surface area (TPSA) is 366 Å². The van der Waals surface area contributed by atoms with Crippen molar-refractivity contribution in [2.75, 3.05) is 39.4 Å². The number of aliphatic hydroxyl groups excluding tert-OH is 6. The number of nitrogens with one attached hydrogen (secondary N) is 5. The Labute approximate surface area is 444 Å². The number of aliphatic hydroxyl groups is 6. The molecule has 0 aliphatic carbocycles. The third kappa shape index (κ3) is 16.9. The van der Waals surface area contributed by atoms with Crippen LogP contribution in [0.2, 0.25) is 0 Å². The molecule has 2 aromatic rings. The van der Waals surface area contributed by atoms with Gasteiger partial charge in [0.15, 0.2) is 17.6 Å². The highest BCUT2D eigenvalue weighted by molar-refractivity contribution is 5.98. The van der Waals surface area contributed by atoms with Crippen molar-refractivity contribution >= 4 is 47.5 Å². The first kappa shape index (κ1) is 60.7. The fourth-order valence-corrected chi connectivity index (χ4v) is 8.91. The number of alkyl carbamates (subject to hydrolysis) is 1. The van der Waals surface area contributed by atoms with Gasteiger partial charge in [-0.3, -0.25) is 33.6 Å². The van der Waals surface area contributed by atoms with Crippen molar-refractivity contribution in [3.05, 3.63) is 71.1 Å². The zero-order chi connectivity index (χ0) is 56.9. The Morgan fingerprint density at radius 2 is 1.44 bits per heavy atom. The summed E-state index contributed by atoms with van der Waals surface area (Å²) in [6.45, 7) is 13.4. The van der Waals surface area contributed by atoms with E-state index in [9.17, 15) is 69.0 Å². The minimum Gasteiger partial charge on any atom is -0.486 e. The summed E-state index contributed by atoms with van der Waals surface area (Å²) in [5.41, 5.74) is -0.0103. The molecule has 13 atom stereocenters. The van der Waals surface area contributed by atoms with Gasteiger partial charge in [0.25, 0.3) is 0 Å². The van der Waals surface area contributed by atoms with E-state index >= 15 is 0 Å². The van der Waals surface area contributed by atoms with E-state index in [1.54, 1.807) is 0 Å². The van der Waals surface area contributed by atoms with E-state index in [-0.39, 0.29) is 43.4 Å². The van der Waals surface area contributed by atoms with Crippen molar-refractivity contribution in [3.63, 3.8) is 0 Å². The van der Waals surface area contributed by atoms with Crippen LogP contribution < -0.4 is 36.1 Å². The molecular weight excluding hydrogens is 1010 g/mol. The van der Waals surface area contributed by atoms with Crippen molar-refractivity contribution in [2.24, 2.45) is 5.92 Å². The summed E-state index contributed by atoms with van der Waals surface area (Å²) in [7, 11) is 0. The maximum atomic E-state index is 14.7. The summed E-state index contributed by atoms with van der Waals surface area (Å²) >= 11 is 0. The third-order valence-corrected chi connectivity index (χ3v) is 12.7. The smallest absolute Gasteiger partial charge is 0.408 e. The fourth-order valence-electron chi connectivity index (χ4n) is 8.91. The third-order valence-electron chi connectivity index (χ3n) is 12.7. The summed E-state index contributed by atoms with van der Waals surface area (Å²) < 4.78 is 22.3. The molecule has 5 rings (SSSR count). The summed E-state index contributed by atoms with van der Waals surface area (Å²) in [6.07, 6.45) is -13.1. The lowest BCUT2D eigenvalue weighted by atomic mass is 9.99. The number of nitrogens with zero attached hydrogens (tertiary/aromatic N) is 3. The van der Waals surface area contributed by atoms with Gasteiger partial charge in [-0.05, 0) is 51.0 Å². The number of hydrogen-bond acceptors (Lipinski definition) is 18. The number of amides is 7. The van der Waals surface area contributed by atoms with Crippen LogP contribution in [0.1, 0.15) is 65.5 Å². The van der Waals surface area contributed by atoms with Crippen LogP contribution >= 0.6 is 0 Å². The molecule has 3 heterocycles. The normalized spacial score (nSPS) is 27.2. The molecule has 7 amide bonds. The number of carbonyl (C=O) groups is 8. The van der Waals surface area contributed by atoms with Gasteiger partial charge in [-0.1, -0.05) is 43.3 Å². The Hall–Kier alpha value is -7.15. The summed E-state index contributed by atoms with van der Waals surface area (Å²) in [5, 5.41) is 79.6. The lowest BCUT2D eigenvalue weighted by molar-refractivity contribution is -0.147. The number of β-amino-alcohol motifs (C(OH)–C–C–N with tert-alkyl or cyclic N) is 1. The molecule has 3 fully saturated rings. The van der Waals surface area contributed by atoms with Crippen LogP contribution in [0, 0.1) is 12.5 Å². The highest BCUT2D eigenvalue weighted by atomic mass is 16.6. The maximum absolute atomic E-state index is 14.7. The Bertz CT molecular complexity index is 2470. The maximum Gasteiger partial charge on any atom is 0.408 e. The predicted molar refractivity (Wildman–Crippen MR) is 268 cm³/mol.